The molecule has 0 spiro atoms. The van der Waals surface area contributed by atoms with Gasteiger partial charge in [0.15, 0.2) is 0 Å². The van der Waals surface area contributed by atoms with Crippen LogP contribution in [0.5, 0.6) is 0 Å². The molecule has 0 saturated heterocycles. The number of aromatic nitrogens is 3. The third-order valence-electron chi connectivity index (χ3n) is 4.19. The number of nitrogens with one attached hydrogen (secondary N) is 1. The van der Waals surface area contributed by atoms with Crippen molar-refractivity contribution in [3.05, 3.63) is 40.9 Å². The molecule has 0 radical (unpaired) electrons. The van der Waals surface area contributed by atoms with Gasteiger partial charge in [0, 0.05) is 17.5 Å². The van der Waals surface area contributed by atoms with E-state index in [1.165, 1.54) is 0 Å². The molecule has 0 bridgehead atoms. The lowest BCUT2D eigenvalue weighted by Gasteiger charge is -2.14. The quantitative estimate of drug-likeness (QED) is 0.897. The summed E-state index contributed by atoms with van der Waals surface area (Å²) >= 11 is 5.88. The van der Waals surface area contributed by atoms with E-state index >= 15 is 0 Å². The van der Waals surface area contributed by atoms with Crippen molar-refractivity contribution >= 4 is 17.5 Å². The summed E-state index contributed by atoms with van der Waals surface area (Å²) in [6.45, 7) is 2.24. The lowest BCUT2D eigenvalue weighted by molar-refractivity contribution is 0.0907. The molecule has 1 aromatic carbocycles. The fraction of sp³-hybridized carbons (Fsp3) is 0.438. The van der Waals surface area contributed by atoms with Crippen molar-refractivity contribution in [2.24, 2.45) is 5.92 Å². The van der Waals surface area contributed by atoms with Gasteiger partial charge in [-0.2, -0.15) is 0 Å². The van der Waals surface area contributed by atoms with Gasteiger partial charge in [-0.1, -0.05) is 18.0 Å². The number of carbonyl (C=O) groups excluding carboxylic acids is 1. The molecule has 1 heterocycles. The number of hydrogen-bond donors (Lipinski definition) is 2. The van der Waals surface area contributed by atoms with Gasteiger partial charge >= 0.3 is 0 Å². The smallest absolute Gasteiger partial charge is 0.290 e. The van der Waals surface area contributed by atoms with Crippen molar-refractivity contribution in [2.45, 2.75) is 32.3 Å². The summed E-state index contributed by atoms with van der Waals surface area (Å²) in [5, 5.41) is 17.5. The Bertz CT molecular complexity index is 699. The highest BCUT2D eigenvalue weighted by Crippen LogP contribution is 2.24. The van der Waals surface area contributed by atoms with Gasteiger partial charge in [-0.3, -0.25) is 4.79 Å². The molecule has 1 aromatic heterocycles. The van der Waals surface area contributed by atoms with Gasteiger partial charge in [0.2, 0.25) is 5.82 Å². The third kappa shape index (κ3) is 3.54. The summed E-state index contributed by atoms with van der Waals surface area (Å²) in [7, 11) is 0. The van der Waals surface area contributed by atoms with Crippen LogP contribution in [0.2, 0.25) is 5.02 Å². The summed E-state index contributed by atoms with van der Waals surface area (Å²) in [6, 6.07) is 7.17. The van der Waals surface area contributed by atoms with Gasteiger partial charge in [0.05, 0.1) is 11.8 Å². The van der Waals surface area contributed by atoms with Crippen LogP contribution < -0.4 is 5.32 Å². The van der Waals surface area contributed by atoms with E-state index in [1.54, 1.807) is 23.7 Å². The molecule has 1 amide bonds. The first kappa shape index (κ1) is 16.0. The number of nitrogens with zero attached hydrogens (tertiary/aromatic N) is 3. The lowest BCUT2D eigenvalue weighted by Crippen LogP contribution is -2.33. The Morgan fingerprint density at radius 1 is 1.39 bits per heavy atom. The first-order valence-corrected chi connectivity index (χ1v) is 8.08. The van der Waals surface area contributed by atoms with Crippen LogP contribution in [0.3, 0.4) is 0 Å². The number of aryl methyl sites for hydroxylation is 1. The SMILES string of the molecule is Cc1nc(C(=O)NCC2CCCC2O)nn1-c1ccc(Cl)cc1. The molecule has 2 unspecified atom stereocenters. The number of carbonyl (C=O) groups is 1. The Balaban J connectivity index is 1.69. The van der Waals surface area contributed by atoms with Crippen LogP contribution in [0.15, 0.2) is 24.3 Å². The normalized spacial score (nSPS) is 20.7. The number of halogens is 1. The van der Waals surface area contributed by atoms with Crippen molar-refractivity contribution in [3.63, 3.8) is 0 Å². The van der Waals surface area contributed by atoms with E-state index in [0.29, 0.717) is 17.4 Å². The van der Waals surface area contributed by atoms with E-state index in [1.807, 2.05) is 12.1 Å². The summed E-state index contributed by atoms with van der Waals surface area (Å²) in [6.07, 6.45) is 2.43. The van der Waals surface area contributed by atoms with E-state index in [2.05, 4.69) is 15.4 Å². The van der Waals surface area contributed by atoms with Crippen molar-refractivity contribution in [3.8, 4) is 5.69 Å². The fourth-order valence-corrected chi connectivity index (χ4v) is 3.00. The second-order valence-corrected chi connectivity index (χ2v) is 6.28. The molecule has 2 atom stereocenters. The zero-order valence-electron chi connectivity index (χ0n) is 12.9. The van der Waals surface area contributed by atoms with E-state index in [4.69, 9.17) is 11.6 Å². The molecule has 0 aliphatic heterocycles. The molecule has 23 heavy (non-hydrogen) atoms. The molecule has 122 valence electrons. The first-order valence-electron chi connectivity index (χ1n) is 7.70. The predicted molar refractivity (Wildman–Crippen MR) is 86.8 cm³/mol. The molecule has 7 heteroatoms. The Morgan fingerprint density at radius 2 is 2.13 bits per heavy atom. The molecule has 1 aliphatic carbocycles. The topological polar surface area (TPSA) is 80.0 Å². The second kappa shape index (κ2) is 6.68. The molecule has 2 aromatic rings. The van der Waals surface area contributed by atoms with Gasteiger partial charge in [-0.15, -0.1) is 5.10 Å². The zero-order valence-corrected chi connectivity index (χ0v) is 13.6. The van der Waals surface area contributed by atoms with Gasteiger partial charge < -0.3 is 10.4 Å². The zero-order chi connectivity index (χ0) is 16.4. The highest BCUT2D eigenvalue weighted by atomic mass is 35.5. The monoisotopic (exact) mass is 334 g/mol. The Hall–Kier alpha value is -1.92. The summed E-state index contributed by atoms with van der Waals surface area (Å²) < 4.78 is 1.61. The third-order valence-corrected chi connectivity index (χ3v) is 4.44. The predicted octanol–water partition coefficient (Wildman–Crippen LogP) is 2.12. The minimum Gasteiger partial charge on any atom is -0.393 e. The van der Waals surface area contributed by atoms with E-state index in [-0.39, 0.29) is 23.8 Å². The van der Waals surface area contributed by atoms with Crippen molar-refractivity contribution < 1.29 is 9.90 Å². The van der Waals surface area contributed by atoms with Gasteiger partial charge in [0.1, 0.15) is 5.82 Å². The van der Waals surface area contributed by atoms with Gasteiger partial charge in [-0.25, -0.2) is 9.67 Å². The number of rotatable bonds is 4. The first-order chi connectivity index (χ1) is 11.0. The fourth-order valence-electron chi connectivity index (χ4n) is 2.87. The summed E-state index contributed by atoms with van der Waals surface area (Å²) in [5.74, 6) is 0.557. The molecule has 2 N–H and O–H groups in total. The minimum absolute atomic E-state index is 0.124. The summed E-state index contributed by atoms with van der Waals surface area (Å²) in [4.78, 5) is 16.4. The highest BCUT2D eigenvalue weighted by molar-refractivity contribution is 6.30. The molecule has 1 saturated carbocycles. The van der Waals surface area contributed by atoms with E-state index in [0.717, 1.165) is 24.9 Å². The molecular weight excluding hydrogens is 316 g/mol. The van der Waals surface area contributed by atoms with Crippen molar-refractivity contribution in [2.75, 3.05) is 6.54 Å². The van der Waals surface area contributed by atoms with E-state index in [9.17, 15) is 9.90 Å². The Morgan fingerprint density at radius 3 is 2.78 bits per heavy atom. The van der Waals surface area contributed by atoms with Gasteiger partial charge in [0.25, 0.3) is 5.91 Å². The average molecular weight is 335 g/mol. The largest absolute Gasteiger partial charge is 0.393 e. The van der Waals surface area contributed by atoms with Crippen LogP contribution in [0.4, 0.5) is 0 Å². The number of aliphatic hydroxyl groups excluding tert-OH is 1. The molecule has 6 nitrogen and oxygen atoms in total. The van der Waals surface area contributed by atoms with Crippen LogP contribution >= 0.6 is 11.6 Å². The maximum atomic E-state index is 12.2. The molecule has 1 aliphatic rings. The maximum absolute atomic E-state index is 12.2. The van der Waals surface area contributed by atoms with Crippen LogP contribution in [0.1, 0.15) is 35.7 Å². The Labute approximate surface area is 139 Å². The van der Waals surface area contributed by atoms with Crippen molar-refractivity contribution in [1.29, 1.82) is 0 Å². The Kier molecular flexibility index (Phi) is 4.63. The molecule has 3 rings (SSSR count). The second-order valence-electron chi connectivity index (χ2n) is 5.84. The molecule has 1 fully saturated rings. The van der Waals surface area contributed by atoms with Crippen molar-refractivity contribution in [1.82, 2.24) is 20.1 Å². The summed E-state index contributed by atoms with van der Waals surface area (Å²) in [5.41, 5.74) is 0.796. The van der Waals surface area contributed by atoms with Crippen LogP contribution in [-0.4, -0.2) is 38.4 Å². The average Bonchev–Trinajstić information content (AvgIpc) is 3.12. The van der Waals surface area contributed by atoms with Crippen LogP contribution in [-0.2, 0) is 0 Å². The maximum Gasteiger partial charge on any atom is 0.290 e. The van der Waals surface area contributed by atoms with E-state index < -0.39 is 0 Å². The minimum atomic E-state index is -0.323. The lowest BCUT2D eigenvalue weighted by atomic mass is 10.1. The number of hydrogen-bond acceptors (Lipinski definition) is 4. The van der Waals surface area contributed by atoms with Crippen LogP contribution in [0, 0.1) is 12.8 Å². The standard InChI is InChI=1S/C16H19ClN4O2/c1-10-19-15(16(23)18-9-11-3-2-4-14(11)22)20-21(10)13-7-5-12(17)6-8-13/h5-8,11,14,22H,2-4,9H2,1H3,(H,18,23). The molecular formula is C16H19ClN4O2. The van der Waals surface area contributed by atoms with Gasteiger partial charge in [-0.05, 0) is 44.0 Å². The number of aliphatic hydroxyl groups is 1. The number of benzene rings is 1. The van der Waals surface area contributed by atoms with Crippen LogP contribution in [0.25, 0.3) is 5.69 Å². The number of amides is 1. The highest BCUT2D eigenvalue weighted by Gasteiger charge is 2.26.